The van der Waals surface area contributed by atoms with Crippen LogP contribution in [0.15, 0.2) is 46.8 Å². The highest BCUT2D eigenvalue weighted by Gasteiger charge is 2.11. The number of hydrogen-bond acceptors (Lipinski definition) is 5. The maximum absolute atomic E-state index is 12.1. The van der Waals surface area contributed by atoms with Crippen LogP contribution in [0.4, 0.5) is 5.69 Å². The molecule has 3 rings (SSSR count). The van der Waals surface area contributed by atoms with Crippen molar-refractivity contribution in [2.75, 3.05) is 0 Å². The summed E-state index contributed by atoms with van der Waals surface area (Å²) in [5.41, 5.74) is 0.865. The van der Waals surface area contributed by atoms with Gasteiger partial charge in [-0.15, -0.1) is 11.3 Å². The number of fused-ring (bicyclic) bond motifs is 1. The molecule has 0 bridgehead atoms. The molecular formula is C16H13N3O3S2. The van der Waals surface area contributed by atoms with Crippen LogP contribution in [0.5, 0.6) is 0 Å². The van der Waals surface area contributed by atoms with E-state index in [9.17, 15) is 14.9 Å². The lowest BCUT2D eigenvalue weighted by molar-refractivity contribution is -0.384. The summed E-state index contributed by atoms with van der Waals surface area (Å²) in [6, 6.07) is 8.49. The largest absolute Gasteiger partial charge is 0.317 e. The second-order valence-electron chi connectivity index (χ2n) is 4.84. The van der Waals surface area contributed by atoms with Gasteiger partial charge in [-0.2, -0.15) is 4.99 Å². The fourth-order valence-electron chi connectivity index (χ4n) is 2.24. The van der Waals surface area contributed by atoms with Gasteiger partial charge in [-0.05, 0) is 30.5 Å². The second-order valence-corrected chi connectivity index (χ2v) is 6.83. The van der Waals surface area contributed by atoms with Crippen LogP contribution in [0, 0.1) is 10.1 Å². The first-order valence-corrected chi connectivity index (χ1v) is 8.86. The average Bonchev–Trinajstić information content (AvgIpc) is 3.19. The molecule has 3 aromatic rings. The third-order valence-corrected chi connectivity index (χ3v) is 5.21. The normalized spacial score (nSPS) is 12.3. The number of thiophene rings is 1. The molecule has 0 radical (unpaired) electrons. The number of aryl methyl sites for hydroxylation is 1. The van der Waals surface area contributed by atoms with Crippen molar-refractivity contribution in [1.29, 1.82) is 0 Å². The first kappa shape index (κ1) is 16.3. The SMILES string of the molecule is CCn1c(=NC(=O)/C=C/c2cccs2)sc2cc([N+](=O)[O-])ccc21. The van der Waals surface area contributed by atoms with Crippen molar-refractivity contribution in [3.8, 4) is 0 Å². The molecule has 1 amide bonds. The number of nitrogens with zero attached hydrogens (tertiary/aromatic N) is 3. The molecule has 1 aromatic carbocycles. The third kappa shape index (κ3) is 3.34. The van der Waals surface area contributed by atoms with Gasteiger partial charge in [0, 0.05) is 29.6 Å². The molecule has 6 nitrogen and oxygen atoms in total. The third-order valence-electron chi connectivity index (χ3n) is 3.33. The van der Waals surface area contributed by atoms with E-state index in [2.05, 4.69) is 4.99 Å². The molecule has 122 valence electrons. The van der Waals surface area contributed by atoms with Gasteiger partial charge >= 0.3 is 0 Å². The van der Waals surface area contributed by atoms with Gasteiger partial charge in [0.15, 0.2) is 4.80 Å². The number of nitro benzene ring substituents is 1. The van der Waals surface area contributed by atoms with Gasteiger partial charge in [-0.25, -0.2) is 0 Å². The molecule has 0 aliphatic heterocycles. The molecule has 0 aliphatic rings. The number of thiazole rings is 1. The Morgan fingerprint density at radius 2 is 2.25 bits per heavy atom. The Morgan fingerprint density at radius 3 is 2.92 bits per heavy atom. The zero-order valence-corrected chi connectivity index (χ0v) is 14.3. The molecule has 2 aromatic heterocycles. The molecular weight excluding hydrogens is 346 g/mol. The van der Waals surface area contributed by atoms with Crippen molar-refractivity contribution in [2.24, 2.45) is 4.99 Å². The summed E-state index contributed by atoms with van der Waals surface area (Å²) in [7, 11) is 0. The lowest BCUT2D eigenvalue weighted by Crippen LogP contribution is -2.15. The van der Waals surface area contributed by atoms with Crippen LogP contribution in [0.3, 0.4) is 0 Å². The minimum atomic E-state index is -0.429. The molecule has 0 atom stereocenters. The lowest BCUT2D eigenvalue weighted by Gasteiger charge is -1.99. The van der Waals surface area contributed by atoms with E-state index >= 15 is 0 Å². The molecule has 0 N–H and O–H groups in total. The molecule has 8 heteroatoms. The number of benzene rings is 1. The van der Waals surface area contributed by atoms with Crippen molar-refractivity contribution in [1.82, 2.24) is 4.57 Å². The average molecular weight is 359 g/mol. The van der Waals surface area contributed by atoms with Crippen LogP contribution in [0.25, 0.3) is 16.3 Å². The monoisotopic (exact) mass is 359 g/mol. The minimum Gasteiger partial charge on any atom is -0.317 e. The summed E-state index contributed by atoms with van der Waals surface area (Å²) in [6.45, 7) is 2.57. The number of carbonyl (C=O) groups excluding carboxylic acids is 1. The number of amides is 1. The Labute approximate surface area is 145 Å². The fraction of sp³-hybridized carbons (Fsp3) is 0.125. The minimum absolute atomic E-state index is 0.0301. The first-order chi connectivity index (χ1) is 11.6. The highest BCUT2D eigenvalue weighted by Crippen LogP contribution is 2.23. The molecule has 0 spiro atoms. The Morgan fingerprint density at radius 1 is 1.42 bits per heavy atom. The summed E-state index contributed by atoms with van der Waals surface area (Å²) in [5.74, 6) is -0.355. The topological polar surface area (TPSA) is 77.5 Å². The summed E-state index contributed by atoms with van der Waals surface area (Å²) in [5, 5.41) is 12.8. The number of rotatable bonds is 4. The highest BCUT2D eigenvalue weighted by molar-refractivity contribution is 7.16. The van der Waals surface area contributed by atoms with Crippen molar-refractivity contribution >= 4 is 50.6 Å². The van der Waals surface area contributed by atoms with E-state index in [0.717, 1.165) is 15.1 Å². The Hall–Kier alpha value is -2.58. The van der Waals surface area contributed by atoms with Crippen LogP contribution in [-0.2, 0) is 11.3 Å². The van der Waals surface area contributed by atoms with Crippen molar-refractivity contribution in [3.05, 3.63) is 61.6 Å². The number of hydrogen-bond donors (Lipinski definition) is 0. The van der Waals surface area contributed by atoms with E-state index in [4.69, 9.17) is 0 Å². The van der Waals surface area contributed by atoms with Crippen LogP contribution >= 0.6 is 22.7 Å². The van der Waals surface area contributed by atoms with E-state index in [1.54, 1.807) is 12.1 Å². The van der Waals surface area contributed by atoms with E-state index in [1.807, 2.05) is 29.0 Å². The van der Waals surface area contributed by atoms with E-state index < -0.39 is 4.92 Å². The summed E-state index contributed by atoms with van der Waals surface area (Å²) in [6.07, 6.45) is 3.16. The molecule has 0 aliphatic carbocycles. The first-order valence-electron chi connectivity index (χ1n) is 7.16. The van der Waals surface area contributed by atoms with Gasteiger partial charge in [0.1, 0.15) is 0 Å². The van der Waals surface area contributed by atoms with Crippen molar-refractivity contribution in [3.63, 3.8) is 0 Å². The zero-order chi connectivity index (χ0) is 17.1. The van der Waals surface area contributed by atoms with E-state index in [0.29, 0.717) is 11.3 Å². The maximum atomic E-state index is 12.1. The second kappa shape index (κ2) is 6.90. The molecule has 24 heavy (non-hydrogen) atoms. The van der Waals surface area contributed by atoms with E-state index in [1.165, 1.54) is 40.9 Å². The predicted molar refractivity (Wildman–Crippen MR) is 96.1 cm³/mol. The summed E-state index contributed by atoms with van der Waals surface area (Å²) < 4.78 is 2.61. The fourth-order valence-corrected chi connectivity index (χ4v) is 3.99. The zero-order valence-electron chi connectivity index (χ0n) is 12.7. The van der Waals surface area contributed by atoms with Crippen LogP contribution in [0.1, 0.15) is 11.8 Å². The van der Waals surface area contributed by atoms with Crippen LogP contribution in [0.2, 0.25) is 0 Å². The van der Waals surface area contributed by atoms with Crippen molar-refractivity contribution in [2.45, 2.75) is 13.5 Å². The Balaban J connectivity index is 2.01. The van der Waals surface area contributed by atoms with Gasteiger partial charge in [0.05, 0.1) is 15.1 Å². The molecule has 0 unspecified atom stereocenters. The Kier molecular flexibility index (Phi) is 4.68. The highest BCUT2D eigenvalue weighted by atomic mass is 32.1. The van der Waals surface area contributed by atoms with Gasteiger partial charge in [-0.1, -0.05) is 17.4 Å². The number of aromatic nitrogens is 1. The standard InChI is InChI=1S/C16H13N3O3S2/c1-2-18-13-7-5-11(19(21)22)10-14(13)24-16(18)17-15(20)8-6-12-4-3-9-23-12/h3-10H,2H2,1H3/b8-6+,17-16?. The van der Waals surface area contributed by atoms with Gasteiger partial charge in [0.2, 0.25) is 0 Å². The molecule has 0 saturated carbocycles. The van der Waals surface area contributed by atoms with Crippen LogP contribution in [-0.4, -0.2) is 15.4 Å². The predicted octanol–water partition coefficient (Wildman–Crippen LogP) is 3.83. The Bertz CT molecular complexity index is 997. The summed E-state index contributed by atoms with van der Waals surface area (Å²) >= 11 is 2.81. The van der Waals surface area contributed by atoms with Crippen molar-refractivity contribution < 1.29 is 9.72 Å². The smallest absolute Gasteiger partial charge is 0.272 e. The summed E-state index contributed by atoms with van der Waals surface area (Å²) in [4.78, 5) is 28.2. The number of nitro groups is 1. The molecule has 0 saturated heterocycles. The van der Waals surface area contributed by atoms with Gasteiger partial charge < -0.3 is 4.57 Å². The quantitative estimate of drug-likeness (QED) is 0.403. The lowest BCUT2D eigenvalue weighted by atomic mass is 10.3. The van der Waals surface area contributed by atoms with E-state index in [-0.39, 0.29) is 11.6 Å². The van der Waals surface area contributed by atoms with Crippen LogP contribution < -0.4 is 4.80 Å². The molecule has 0 fully saturated rings. The maximum Gasteiger partial charge on any atom is 0.272 e. The number of carbonyl (C=O) groups is 1. The van der Waals surface area contributed by atoms with Gasteiger partial charge in [0.25, 0.3) is 11.6 Å². The van der Waals surface area contributed by atoms with Gasteiger partial charge in [-0.3, -0.25) is 14.9 Å². The number of non-ortho nitro benzene ring substituents is 1. The molecule has 2 heterocycles.